The van der Waals surface area contributed by atoms with Gasteiger partial charge in [0, 0.05) is 11.1 Å². The van der Waals surface area contributed by atoms with E-state index in [1.807, 2.05) is 0 Å². The minimum absolute atomic E-state index is 0.0226. The lowest BCUT2D eigenvalue weighted by molar-refractivity contribution is 0.0396. The lowest BCUT2D eigenvalue weighted by atomic mass is 9.87. The zero-order valence-electron chi connectivity index (χ0n) is 24.2. The van der Waals surface area contributed by atoms with Crippen LogP contribution in [0.15, 0.2) is 48.6 Å². The van der Waals surface area contributed by atoms with Crippen LogP contribution in [-0.2, 0) is 0 Å². The van der Waals surface area contributed by atoms with E-state index in [-0.39, 0.29) is 24.0 Å². The van der Waals surface area contributed by atoms with Gasteiger partial charge >= 0.3 is 5.97 Å². The number of hydrogen-bond donors (Lipinski definition) is 8. The topological polar surface area (TPSA) is 232 Å². The van der Waals surface area contributed by atoms with E-state index in [1.165, 1.54) is 19.1 Å². The highest BCUT2D eigenvalue weighted by atomic mass is 16.5. The van der Waals surface area contributed by atoms with Crippen LogP contribution in [0.4, 0.5) is 0 Å². The summed E-state index contributed by atoms with van der Waals surface area (Å²) in [5, 5.41) is 80.4. The van der Waals surface area contributed by atoms with Crippen LogP contribution in [0.1, 0.15) is 71.6 Å². The van der Waals surface area contributed by atoms with Gasteiger partial charge in [0.1, 0.15) is 0 Å². The first-order valence-electron chi connectivity index (χ1n) is 13.3. The molecule has 13 nitrogen and oxygen atoms in total. The minimum Gasteiger partial charge on any atom is -0.504 e. The number of allylic oxidation sites excluding steroid dienone is 1. The van der Waals surface area contributed by atoms with Crippen LogP contribution in [0.2, 0.25) is 0 Å². The number of benzene rings is 3. The van der Waals surface area contributed by atoms with Gasteiger partial charge in [-0.15, -0.1) is 0 Å². The number of carbonyl (C=O) groups excluding carboxylic acids is 2. The van der Waals surface area contributed by atoms with Gasteiger partial charge in [-0.2, -0.15) is 0 Å². The van der Waals surface area contributed by atoms with Crippen molar-refractivity contribution < 1.29 is 64.7 Å². The van der Waals surface area contributed by atoms with E-state index in [0.29, 0.717) is 0 Å². The fourth-order valence-electron chi connectivity index (χ4n) is 4.56. The number of aromatic carboxylic acids is 1. The molecule has 0 aromatic heterocycles. The van der Waals surface area contributed by atoms with Crippen molar-refractivity contribution in [3.63, 3.8) is 0 Å². The fourth-order valence-corrected chi connectivity index (χ4v) is 4.56. The Bertz CT molecular complexity index is 1630. The molecule has 3 aromatic rings. The number of Topliss-reactive ketones (excluding diaryl/α,β-unsaturated/α-hetero) is 2. The maximum absolute atomic E-state index is 13.8. The summed E-state index contributed by atoms with van der Waals surface area (Å²) in [6.07, 6.45) is 2.64. The number of ketones is 2. The quantitative estimate of drug-likeness (QED) is 0.0785. The van der Waals surface area contributed by atoms with Gasteiger partial charge in [-0.25, -0.2) is 4.79 Å². The predicted molar refractivity (Wildman–Crippen MR) is 154 cm³/mol. The molecular weight excluding hydrogens is 580 g/mol. The summed E-state index contributed by atoms with van der Waals surface area (Å²) in [4.78, 5) is 38.9. The summed E-state index contributed by atoms with van der Waals surface area (Å²) >= 11 is 0. The van der Waals surface area contributed by atoms with Gasteiger partial charge < -0.3 is 50.3 Å². The van der Waals surface area contributed by atoms with Gasteiger partial charge in [-0.3, -0.25) is 9.59 Å². The highest BCUT2D eigenvalue weighted by molar-refractivity contribution is 6.05. The van der Waals surface area contributed by atoms with E-state index in [0.717, 1.165) is 36.4 Å². The van der Waals surface area contributed by atoms with Crippen LogP contribution in [0.5, 0.6) is 51.7 Å². The number of carboxylic acids is 1. The first kappa shape index (κ1) is 32.9. The fraction of sp³-hybridized carbons (Fsp3) is 0.258. The normalized spacial score (nSPS) is 12.9. The second-order valence-electron chi connectivity index (χ2n) is 10.0. The van der Waals surface area contributed by atoms with Crippen LogP contribution >= 0.6 is 0 Å². The van der Waals surface area contributed by atoms with Crippen LogP contribution in [-0.4, -0.2) is 69.6 Å². The summed E-state index contributed by atoms with van der Waals surface area (Å²) < 4.78 is 11.7. The third-order valence-corrected chi connectivity index (χ3v) is 7.07. The lowest BCUT2D eigenvalue weighted by Gasteiger charge is -2.32. The Morgan fingerprint density at radius 1 is 0.659 bits per heavy atom. The molecule has 0 saturated carbocycles. The Morgan fingerprint density at radius 2 is 1.07 bits per heavy atom. The first-order valence-corrected chi connectivity index (χ1v) is 13.3. The monoisotopic (exact) mass is 612 g/mol. The summed E-state index contributed by atoms with van der Waals surface area (Å²) in [5.74, 6) is -9.77. The van der Waals surface area contributed by atoms with Gasteiger partial charge in [-0.05, 0) is 69.2 Å². The van der Waals surface area contributed by atoms with Crippen molar-refractivity contribution in [2.75, 3.05) is 0 Å². The molecule has 0 radical (unpaired) electrons. The molecule has 0 heterocycles. The van der Waals surface area contributed by atoms with E-state index in [2.05, 4.69) is 0 Å². The number of carbonyl (C=O) groups is 3. The average molecular weight is 613 g/mol. The summed E-state index contributed by atoms with van der Waals surface area (Å²) in [7, 11) is 0. The zero-order chi connectivity index (χ0) is 33.1. The third-order valence-electron chi connectivity index (χ3n) is 7.07. The molecule has 13 heteroatoms. The van der Waals surface area contributed by atoms with Gasteiger partial charge in [0.2, 0.25) is 23.1 Å². The van der Waals surface area contributed by atoms with Crippen molar-refractivity contribution in [2.45, 2.75) is 51.7 Å². The Morgan fingerprint density at radius 3 is 1.52 bits per heavy atom. The molecule has 44 heavy (non-hydrogen) atoms. The van der Waals surface area contributed by atoms with Gasteiger partial charge in [0.25, 0.3) is 0 Å². The molecule has 0 spiro atoms. The number of rotatable bonds is 12. The summed E-state index contributed by atoms with van der Waals surface area (Å²) in [6, 6.07) is 5.47. The van der Waals surface area contributed by atoms with Gasteiger partial charge in [-0.1, -0.05) is 19.9 Å². The molecule has 0 aliphatic rings. The van der Waals surface area contributed by atoms with E-state index >= 15 is 0 Å². The second-order valence-corrected chi connectivity index (χ2v) is 10.0. The molecule has 0 amide bonds. The number of aromatic hydroxyl groups is 7. The molecule has 3 rings (SSSR count). The van der Waals surface area contributed by atoms with Crippen molar-refractivity contribution in [3.05, 3.63) is 65.2 Å². The minimum atomic E-state index is -1.99. The molecule has 8 N–H and O–H groups in total. The number of phenols is 7. The van der Waals surface area contributed by atoms with Crippen LogP contribution < -0.4 is 9.47 Å². The molecular formula is C31H32O13. The van der Waals surface area contributed by atoms with Gasteiger partial charge in [0.05, 0.1) is 5.56 Å². The van der Waals surface area contributed by atoms with Crippen molar-refractivity contribution >= 4 is 17.5 Å². The molecule has 1 atom stereocenters. The van der Waals surface area contributed by atoms with Crippen molar-refractivity contribution in [3.8, 4) is 51.7 Å². The second kappa shape index (κ2) is 12.3. The number of phenolic OH excluding ortho intramolecular Hbond substituents is 7. The van der Waals surface area contributed by atoms with E-state index < -0.39 is 86.0 Å². The lowest BCUT2D eigenvalue weighted by Crippen LogP contribution is -2.44. The molecule has 0 fully saturated rings. The molecule has 234 valence electrons. The Kier molecular flexibility index (Phi) is 9.23. The highest BCUT2D eigenvalue weighted by Gasteiger charge is 2.41. The Balaban J connectivity index is 2.10. The largest absolute Gasteiger partial charge is 0.504 e. The number of carboxylic acid groups (broad SMARTS) is 1. The standard InChI is InChI=1S/C31H32O13/c1-5-8-30(4,43-22-14-17(29(41)42)12-21(35)25(22)37)27(39)16-11-20(34)26(38)23(13-16)44-31(6-2,7-3)28(40)15-9-18(32)24(36)19(33)10-15/h5,8-14,32-38H,6-7H2,1-4H3,(H,41,42)/b8-5-. The van der Waals surface area contributed by atoms with Gasteiger partial charge in [0.15, 0.2) is 51.4 Å². The average Bonchev–Trinajstić information content (AvgIpc) is 2.97. The molecule has 1 unspecified atom stereocenters. The maximum atomic E-state index is 13.8. The first-order chi connectivity index (χ1) is 20.5. The molecule has 0 bridgehead atoms. The Labute approximate surface area is 251 Å². The van der Waals surface area contributed by atoms with Crippen molar-refractivity contribution in [2.24, 2.45) is 0 Å². The van der Waals surface area contributed by atoms with Crippen molar-refractivity contribution in [1.82, 2.24) is 0 Å². The van der Waals surface area contributed by atoms with Crippen LogP contribution in [0, 0.1) is 0 Å². The molecule has 0 aliphatic heterocycles. The number of ether oxygens (including phenoxy) is 2. The Hall–Kier alpha value is -5.59. The summed E-state index contributed by atoms with van der Waals surface area (Å²) in [5.41, 5.74) is -4.73. The third kappa shape index (κ3) is 6.11. The smallest absolute Gasteiger partial charge is 0.335 e. The summed E-state index contributed by atoms with van der Waals surface area (Å²) in [6.45, 7) is 5.97. The van der Waals surface area contributed by atoms with Crippen LogP contribution in [0.3, 0.4) is 0 Å². The van der Waals surface area contributed by atoms with E-state index in [9.17, 15) is 55.2 Å². The van der Waals surface area contributed by atoms with Crippen LogP contribution in [0.25, 0.3) is 0 Å². The highest BCUT2D eigenvalue weighted by Crippen LogP contribution is 2.44. The zero-order valence-corrected chi connectivity index (χ0v) is 24.2. The van der Waals surface area contributed by atoms with E-state index in [4.69, 9.17) is 9.47 Å². The predicted octanol–water partition coefficient (Wildman–Crippen LogP) is 4.74. The van der Waals surface area contributed by atoms with Crippen molar-refractivity contribution in [1.29, 1.82) is 0 Å². The molecule has 0 aliphatic carbocycles. The maximum Gasteiger partial charge on any atom is 0.335 e. The molecule has 3 aromatic carbocycles. The number of hydrogen-bond acceptors (Lipinski definition) is 12. The SMILES string of the molecule is C/C=C\C(C)(Oc1cc(C(=O)O)cc(O)c1O)C(=O)c1cc(O)c(O)c(OC(CC)(CC)C(=O)c2cc(O)c(O)c(O)c2)c1. The molecule has 0 saturated heterocycles. The van der Waals surface area contributed by atoms with E-state index in [1.54, 1.807) is 20.8 Å².